The fourth-order valence-corrected chi connectivity index (χ4v) is 2.37. The van der Waals surface area contributed by atoms with Crippen molar-refractivity contribution in [3.05, 3.63) is 25.4 Å². The molecule has 2 nitrogen and oxygen atoms in total. The highest BCUT2D eigenvalue weighted by atomic mass is 14.8. The van der Waals surface area contributed by atoms with Crippen LogP contribution in [0, 0.1) is 5.92 Å². The third kappa shape index (κ3) is 9.71. The standard InChI is InChI=1S/C18H32N2/c1-5-9-11-13-15-17(14-12-10-6-2)18(7-3)20-16-19-8-4/h7-8,16-17H,3-6,9-15H2,1-2H3/b19-16-,20-18+. The van der Waals surface area contributed by atoms with Crippen LogP contribution >= 0.6 is 0 Å². The highest BCUT2D eigenvalue weighted by Crippen LogP contribution is 2.20. The first kappa shape index (κ1) is 18.8. The number of allylic oxidation sites excluding steroid dienone is 1. The Morgan fingerprint density at radius 2 is 1.55 bits per heavy atom. The van der Waals surface area contributed by atoms with Gasteiger partial charge < -0.3 is 0 Å². The van der Waals surface area contributed by atoms with E-state index >= 15 is 0 Å². The van der Waals surface area contributed by atoms with E-state index in [1.165, 1.54) is 64.0 Å². The van der Waals surface area contributed by atoms with Crippen molar-refractivity contribution < 1.29 is 0 Å². The summed E-state index contributed by atoms with van der Waals surface area (Å²) < 4.78 is 0. The van der Waals surface area contributed by atoms with Crippen LogP contribution in [0.1, 0.15) is 71.6 Å². The van der Waals surface area contributed by atoms with Crippen molar-refractivity contribution in [1.82, 2.24) is 0 Å². The largest absolute Gasteiger partial charge is 0.245 e. The van der Waals surface area contributed by atoms with Gasteiger partial charge in [0.2, 0.25) is 0 Å². The number of hydrogen-bond donors (Lipinski definition) is 0. The van der Waals surface area contributed by atoms with Gasteiger partial charge in [0, 0.05) is 17.8 Å². The number of unbranched alkanes of at least 4 members (excludes halogenated alkanes) is 5. The molecule has 0 N–H and O–H groups in total. The lowest BCUT2D eigenvalue weighted by Crippen LogP contribution is -2.13. The average Bonchev–Trinajstić information content (AvgIpc) is 2.47. The summed E-state index contributed by atoms with van der Waals surface area (Å²) in [5.74, 6) is 0.534. The number of nitrogens with zero attached hydrogens (tertiary/aromatic N) is 2. The van der Waals surface area contributed by atoms with Crippen LogP contribution in [-0.2, 0) is 0 Å². The molecule has 0 spiro atoms. The molecule has 1 atom stereocenters. The van der Waals surface area contributed by atoms with E-state index in [4.69, 9.17) is 0 Å². The molecule has 0 aromatic carbocycles. The van der Waals surface area contributed by atoms with Gasteiger partial charge in [0.05, 0.1) is 0 Å². The second-order valence-electron chi connectivity index (χ2n) is 5.25. The zero-order valence-electron chi connectivity index (χ0n) is 13.5. The Balaban J connectivity index is 4.50. The first-order valence-corrected chi connectivity index (χ1v) is 8.12. The summed E-state index contributed by atoms with van der Waals surface area (Å²) in [5.41, 5.74) is 1.09. The van der Waals surface area contributed by atoms with Gasteiger partial charge in [0.25, 0.3) is 0 Å². The van der Waals surface area contributed by atoms with Gasteiger partial charge in [0.1, 0.15) is 6.34 Å². The third-order valence-electron chi connectivity index (χ3n) is 3.57. The first-order chi connectivity index (χ1) is 9.79. The van der Waals surface area contributed by atoms with Crippen LogP contribution in [0.4, 0.5) is 0 Å². The Morgan fingerprint density at radius 1 is 0.950 bits per heavy atom. The minimum absolute atomic E-state index is 0.534. The Kier molecular flexibility index (Phi) is 13.4. The van der Waals surface area contributed by atoms with Gasteiger partial charge in [-0.2, -0.15) is 0 Å². The molecule has 0 heterocycles. The zero-order chi connectivity index (χ0) is 15.1. The molecule has 0 fully saturated rings. The van der Waals surface area contributed by atoms with E-state index in [0.29, 0.717) is 5.92 Å². The summed E-state index contributed by atoms with van der Waals surface area (Å²) in [7, 11) is 0. The summed E-state index contributed by atoms with van der Waals surface area (Å²) in [6, 6.07) is 0. The quantitative estimate of drug-likeness (QED) is 0.225. The lowest BCUT2D eigenvalue weighted by molar-refractivity contribution is 0.500. The van der Waals surface area contributed by atoms with E-state index in [1.807, 2.05) is 6.08 Å². The molecule has 114 valence electrons. The maximum Gasteiger partial charge on any atom is 0.115 e. The van der Waals surface area contributed by atoms with Crippen molar-refractivity contribution in [2.45, 2.75) is 71.6 Å². The van der Waals surface area contributed by atoms with Gasteiger partial charge in [0.15, 0.2) is 0 Å². The van der Waals surface area contributed by atoms with Gasteiger partial charge in [-0.1, -0.05) is 72.0 Å². The lowest BCUT2D eigenvalue weighted by Gasteiger charge is -2.16. The van der Waals surface area contributed by atoms with Gasteiger partial charge >= 0.3 is 0 Å². The van der Waals surface area contributed by atoms with Crippen molar-refractivity contribution in [2.24, 2.45) is 15.9 Å². The van der Waals surface area contributed by atoms with E-state index in [9.17, 15) is 0 Å². The van der Waals surface area contributed by atoms with E-state index < -0.39 is 0 Å². The van der Waals surface area contributed by atoms with Crippen LogP contribution in [0.2, 0.25) is 0 Å². The summed E-state index contributed by atoms with van der Waals surface area (Å²) in [6.45, 7) is 12.0. The first-order valence-electron chi connectivity index (χ1n) is 8.12. The topological polar surface area (TPSA) is 24.7 Å². The van der Waals surface area contributed by atoms with E-state index in [-0.39, 0.29) is 0 Å². The second kappa shape index (κ2) is 14.2. The fraction of sp³-hybridized carbons (Fsp3) is 0.667. The molecule has 0 aromatic rings. The van der Waals surface area contributed by atoms with Gasteiger partial charge in [-0.05, 0) is 18.9 Å². The normalized spacial score (nSPS) is 13.6. The number of aliphatic imine (C=N–C) groups is 2. The molecule has 0 amide bonds. The van der Waals surface area contributed by atoms with Crippen LogP contribution in [0.15, 0.2) is 35.4 Å². The molecule has 0 rings (SSSR count). The summed E-state index contributed by atoms with van der Waals surface area (Å²) >= 11 is 0. The summed E-state index contributed by atoms with van der Waals surface area (Å²) in [5, 5.41) is 0. The second-order valence-corrected chi connectivity index (χ2v) is 5.25. The molecule has 20 heavy (non-hydrogen) atoms. The fourth-order valence-electron chi connectivity index (χ4n) is 2.37. The molecular formula is C18H32N2. The molecule has 0 saturated heterocycles. The molecule has 0 aliphatic rings. The smallest absolute Gasteiger partial charge is 0.115 e. The number of rotatable bonds is 13. The van der Waals surface area contributed by atoms with Crippen LogP contribution in [0.3, 0.4) is 0 Å². The maximum atomic E-state index is 4.45. The van der Waals surface area contributed by atoms with Gasteiger partial charge in [-0.15, -0.1) is 0 Å². The van der Waals surface area contributed by atoms with E-state index in [0.717, 1.165) is 5.71 Å². The highest BCUT2D eigenvalue weighted by Gasteiger charge is 2.12. The van der Waals surface area contributed by atoms with Gasteiger partial charge in [-0.25, -0.2) is 9.98 Å². The molecule has 0 aromatic heterocycles. The highest BCUT2D eigenvalue weighted by molar-refractivity contribution is 6.00. The summed E-state index contributed by atoms with van der Waals surface area (Å²) in [4.78, 5) is 8.40. The monoisotopic (exact) mass is 276 g/mol. The van der Waals surface area contributed by atoms with Crippen LogP contribution in [0.5, 0.6) is 0 Å². The zero-order valence-corrected chi connectivity index (χ0v) is 13.5. The third-order valence-corrected chi connectivity index (χ3v) is 3.57. The molecule has 0 aliphatic heterocycles. The molecule has 0 bridgehead atoms. The Morgan fingerprint density at radius 3 is 2.10 bits per heavy atom. The Bertz CT molecular complexity index is 303. The molecular weight excluding hydrogens is 244 g/mol. The maximum absolute atomic E-state index is 4.45. The van der Waals surface area contributed by atoms with Crippen molar-refractivity contribution >= 4 is 12.1 Å². The minimum Gasteiger partial charge on any atom is -0.245 e. The number of hydrogen-bond acceptors (Lipinski definition) is 1. The Hall–Kier alpha value is -1.18. The van der Waals surface area contributed by atoms with Crippen molar-refractivity contribution in [3.63, 3.8) is 0 Å². The summed E-state index contributed by atoms with van der Waals surface area (Å²) in [6.07, 6.45) is 16.5. The van der Waals surface area contributed by atoms with Crippen LogP contribution in [-0.4, -0.2) is 12.1 Å². The van der Waals surface area contributed by atoms with E-state index in [2.05, 4.69) is 37.0 Å². The molecule has 0 saturated carbocycles. The molecule has 0 radical (unpaired) electrons. The lowest BCUT2D eigenvalue weighted by atomic mass is 9.90. The predicted octanol–water partition coefficient (Wildman–Crippen LogP) is 5.95. The van der Waals surface area contributed by atoms with E-state index in [1.54, 1.807) is 6.34 Å². The minimum atomic E-state index is 0.534. The van der Waals surface area contributed by atoms with Crippen molar-refractivity contribution in [1.29, 1.82) is 0 Å². The average molecular weight is 276 g/mol. The molecule has 2 heteroatoms. The molecule has 0 aliphatic carbocycles. The van der Waals surface area contributed by atoms with Crippen molar-refractivity contribution in [3.8, 4) is 0 Å². The SMILES string of the molecule is C=C/N=C\N=C(/C=C)C(CCCCC)CCCCCC. The van der Waals surface area contributed by atoms with Crippen molar-refractivity contribution in [2.75, 3.05) is 0 Å². The van der Waals surface area contributed by atoms with Crippen LogP contribution < -0.4 is 0 Å². The van der Waals surface area contributed by atoms with Gasteiger partial charge in [-0.3, -0.25) is 0 Å². The molecule has 1 unspecified atom stereocenters. The van der Waals surface area contributed by atoms with Crippen LogP contribution in [0.25, 0.3) is 0 Å². The Labute approximate surface area is 125 Å². The predicted molar refractivity (Wildman–Crippen MR) is 92.7 cm³/mol.